The molecule has 0 unspecified atom stereocenters. The van der Waals surface area contributed by atoms with E-state index in [0.29, 0.717) is 50.3 Å². The van der Waals surface area contributed by atoms with Crippen LogP contribution in [0.4, 0.5) is 17.6 Å². The van der Waals surface area contributed by atoms with Gasteiger partial charge in [-0.1, -0.05) is 11.3 Å². The highest BCUT2D eigenvalue weighted by Gasteiger charge is 2.36. The number of hydrogen-bond donors (Lipinski definition) is 1. The third kappa shape index (κ3) is 6.93. The van der Waals surface area contributed by atoms with Gasteiger partial charge in [0.25, 0.3) is 11.6 Å². The molecule has 1 fully saturated rings. The number of hydrogen-bond acceptors (Lipinski definition) is 6. The van der Waals surface area contributed by atoms with Gasteiger partial charge >= 0.3 is 0 Å². The Morgan fingerprint density at radius 3 is 2.74 bits per heavy atom. The van der Waals surface area contributed by atoms with Crippen molar-refractivity contribution in [3.8, 4) is 5.19 Å². The summed E-state index contributed by atoms with van der Waals surface area (Å²) in [6.07, 6.45) is 2.49. The van der Waals surface area contributed by atoms with E-state index in [2.05, 4.69) is 20.3 Å². The molecule has 0 atom stereocenters. The third-order valence-electron chi connectivity index (χ3n) is 6.82. The summed E-state index contributed by atoms with van der Waals surface area (Å²) in [6, 6.07) is -0.104. The van der Waals surface area contributed by atoms with E-state index in [1.54, 1.807) is 0 Å². The first-order valence-corrected chi connectivity index (χ1v) is 12.8. The summed E-state index contributed by atoms with van der Waals surface area (Å²) in [5.41, 5.74) is -0.124. The standard InChI is InChI=1S/C23H31F4N5O2S/c1-31-21(26)15(13-28-31)12-20(33)29-16-2-6-23(27,7-3-16)8-11-32-9-4-17-18(5-10-32)35-22(30-17)34-14-19(24)25/h13,16,19H,2-12,14H2,1H3,(H,29,33)/t16-,23+. The number of carbonyl (C=O) groups is 1. The number of nitrogens with zero attached hydrogens (tertiary/aromatic N) is 4. The molecule has 1 aliphatic carbocycles. The summed E-state index contributed by atoms with van der Waals surface area (Å²) in [5, 5.41) is 7.00. The maximum absolute atomic E-state index is 15.5. The SMILES string of the molecule is Cn1ncc(CC(=O)N[C@H]2CC[C@](F)(CCN3CCc4nc(OCC(F)F)sc4CC3)CC2)c1F. The molecule has 2 aromatic heterocycles. The predicted molar refractivity (Wildman–Crippen MR) is 123 cm³/mol. The van der Waals surface area contributed by atoms with Crippen LogP contribution in [-0.2, 0) is 31.1 Å². The topological polar surface area (TPSA) is 72.3 Å². The number of aryl methyl sites for hydroxylation is 1. The Kier molecular flexibility index (Phi) is 8.31. The fourth-order valence-electron chi connectivity index (χ4n) is 4.73. The average molecular weight is 518 g/mol. The molecule has 0 saturated heterocycles. The van der Waals surface area contributed by atoms with Gasteiger partial charge in [0.15, 0.2) is 6.61 Å². The molecule has 0 spiro atoms. The number of nitrogens with one attached hydrogen (secondary N) is 1. The molecule has 1 aliphatic heterocycles. The minimum Gasteiger partial charge on any atom is -0.464 e. The van der Waals surface area contributed by atoms with E-state index in [-0.39, 0.29) is 23.9 Å². The fraction of sp³-hybridized carbons (Fsp3) is 0.696. The van der Waals surface area contributed by atoms with Crippen molar-refractivity contribution in [3.63, 3.8) is 0 Å². The number of thiazole rings is 1. The first-order valence-electron chi connectivity index (χ1n) is 12.0. The van der Waals surface area contributed by atoms with Crippen molar-refractivity contribution in [1.82, 2.24) is 25.0 Å². The van der Waals surface area contributed by atoms with Crippen LogP contribution in [0.3, 0.4) is 0 Å². The zero-order valence-electron chi connectivity index (χ0n) is 19.7. The van der Waals surface area contributed by atoms with E-state index >= 15 is 4.39 Å². The van der Waals surface area contributed by atoms with Gasteiger partial charge < -0.3 is 15.0 Å². The quantitative estimate of drug-likeness (QED) is 0.516. The third-order valence-corrected chi connectivity index (χ3v) is 7.89. The van der Waals surface area contributed by atoms with E-state index in [1.165, 1.54) is 24.6 Å². The molecule has 4 rings (SSSR count). The van der Waals surface area contributed by atoms with Crippen LogP contribution in [0, 0.1) is 5.95 Å². The van der Waals surface area contributed by atoms with Crippen LogP contribution in [0.25, 0.3) is 0 Å². The van der Waals surface area contributed by atoms with Gasteiger partial charge in [-0.25, -0.2) is 22.8 Å². The molecule has 7 nitrogen and oxygen atoms in total. The Bertz CT molecular complexity index is 981. The molecule has 2 aromatic rings. The fourth-order valence-corrected chi connectivity index (χ4v) is 5.68. The van der Waals surface area contributed by atoms with E-state index in [4.69, 9.17) is 4.74 Å². The number of aromatic nitrogens is 3. The van der Waals surface area contributed by atoms with Crippen molar-refractivity contribution in [1.29, 1.82) is 0 Å². The first-order chi connectivity index (χ1) is 16.7. The largest absolute Gasteiger partial charge is 0.464 e. The molecule has 0 bridgehead atoms. The van der Waals surface area contributed by atoms with E-state index in [0.717, 1.165) is 34.8 Å². The monoisotopic (exact) mass is 517 g/mol. The molecule has 12 heteroatoms. The molecule has 1 N–H and O–H groups in total. The second-order valence-electron chi connectivity index (χ2n) is 9.40. The molecule has 3 heterocycles. The number of carbonyl (C=O) groups excluding carboxylic acids is 1. The van der Waals surface area contributed by atoms with Crippen molar-refractivity contribution < 1.29 is 27.1 Å². The Morgan fingerprint density at radius 2 is 2.06 bits per heavy atom. The van der Waals surface area contributed by atoms with Gasteiger partial charge in [-0.15, -0.1) is 0 Å². The summed E-state index contributed by atoms with van der Waals surface area (Å²) >= 11 is 1.32. The normalized spacial score (nSPS) is 23.2. The summed E-state index contributed by atoms with van der Waals surface area (Å²) in [7, 11) is 1.48. The van der Waals surface area contributed by atoms with E-state index in [9.17, 15) is 18.0 Å². The van der Waals surface area contributed by atoms with Gasteiger partial charge in [0.05, 0.1) is 18.3 Å². The number of alkyl halides is 3. The Morgan fingerprint density at radius 1 is 1.31 bits per heavy atom. The van der Waals surface area contributed by atoms with Gasteiger partial charge in [0.2, 0.25) is 11.9 Å². The maximum atomic E-state index is 15.5. The van der Waals surface area contributed by atoms with Gasteiger partial charge in [-0.3, -0.25) is 4.79 Å². The van der Waals surface area contributed by atoms with Crippen molar-refractivity contribution >= 4 is 17.2 Å². The van der Waals surface area contributed by atoms with Crippen molar-refractivity contribution in [3.05, 3.63) is 28.3 Å². The van der Waals surface area contributed by atoms with Crippen molar-refractivity contribution in [2.75, 3.05) is 26.2 Å². The minimum atomic E-state index is -2.52. The van der Waals surface area contributed by atoms with Crippen LogP contribution in [0.5, 0.6) is 5.19 Å². The molecule has 2 aliphatic rings. The van der Waals surface area contributed by atoms with E-state index < -0.39 is 24.6 Å². The van der Waals surface area contributed by atoms with Crippen LogP contribution in [-0.4, -0.2) is 69.9 Å². The van der Waals surface area contributed by atoms with Crippen LogP contribution < -0.4 is 10.1 Å². The summed E-state index contributed by atoms with van der Waals surface area (Å²) in [5.74, 6) is -0.798. The Labute approximate surface area is 205 Å². The lowest BCUT2D eigenvalue weighted by Crippen LogP contribution is -2.43. The second-order valence-corrected chi connectivity index (χ2v) is 10.4. The number of amides is 1. The Hall–Kier alpha value is -2.21. The van der Waals surface area contributed by atoms with Crippen molar-refractivity contribution in [2.45, 2.75) is 69.5 Å². The van der Waals surface area contributed by atoms with Gasteiger partial charge in [-0.2, -0.15) is 9.49 Å². The van der Waals surface area contributed by atoms with Crippen LogP contribution >= 0.6 is 11.3 Å². The van der Waals surface area contributed by atoms with Crippen LogP contribution in [0.2, 0.25) is 0 Å². The van der Waals surface area contributed by atoms with Gasteiger partial charge in [-0.05, 0) is 38.5 Å². The lowest BCUT2D eigenvalue weighted by molar-refractivity contribution is -0.121. The molecule has 35 heavy (non-hydrogen) atoms. The molecular weight excluding hydrogens is 486 g/mol. The summed E-state index contributed by atoms with van der Waals surface area (Å²) in [4.78, 5) is 19.9. The number of rotatable bonds is 9. The zero-order valence-corrected chi connectivity index (χ0v) is 20.6. The zero-order chi connectivity index (χ0) is 25.0. The van der Waals surface area contributed by atoms with Crippen LogP contribution in [0.1, 0.15) is 48.2 Å². The average Bonchev–Trinajstić information content (AvgIpc) is 3.30. The number of ether oxygens (including phenoxy) is 1. The summed E-state index contributed by atoms with van der Waals surface area (Å²) < 4.78 is 60.1. The van der Waals surface area contributed by atoms with E-state index in [1.807, 2.05) is 0 Å². The summed E-state index contributed by atoms with van der Waals surface area (Å²) in [6.45, 7) is 1.50. The lowest BCUT2D eigenvalue weighted by Gasteiger charge is -2.35. The molecular formula is C23H31F4N5O2S. The maximum Gasteiger partial charge on any atom is 0.273 e. The van der Waals surface area contributed by atoms with Crippen molar-refractivity contribution in [2.24, 2.45) is 7.05 Å². The predicted octanol–water partition coefficient (Wildman–Crippen LogP) is 3.46. The highest BCUT2D eigenvalue weighted by atomic mass is 32.1. The van der Waals surface area contributed by atoms with Crippen LogP contribution in [0.15, 0.2) is 6.20 Å². The number of fused-ring (bicyclic) bond motifs is 1. The molecule has 1 amide bonds. The number of halogens is 4. The van der Waals surface area contributed by atoms with Gasteiger partial charge in [0, 0.05) is 49.6 Å². The minimum absolute atomic E-state index is 0.0773. The first kappa shape index (κ1) is 25.9. The highest BCUT2D eigenvalue weighted by Crippen LogP contribution is 2.35. The Balaban J connectivity index is 1.17. The molecule has 0 aromatic carbocycles. The second kappa shape index (κ2) is 11.2. The molecule has 0 radical (unpaired) electrons. The molecule has 1 saturated carbocycles. The molecule has 194 valence electrons. The smallest absolute Gasteiger partial charge is 0.273 e. The van der Waals surface area contributed by atoms with Gasteiger partial charge in [0.1, 0.15) is 5.67 Å². The lowest BCUT2D eigenvalue weighted by atomic mass is 9.81. The highest BCUT2D eigenvalue weighted by molar-refractivity contribution is 7.13.